The van der Waals surface area contributed by atoms with Crippen LogP contribution in [0.25, 0.3) is 33.4 Å². The van der Waals surface area contributed by atoms with E-state index in [0.717, 1.165) is 33.3 Å². The van der Waals surface area contributed by atoms with Gasteiger partial charge in [-0.05, 0) is 11.1 Å². The Kier molecular flexibility index (Phi) is 4.39. The maximum atomic E-state index is 4.65. The van der Waals surface area contributed by atoms with Gasteiger partial charge in [-0.3, -0.25) is 5.10 Å². The first-order chi connectivity index (χ1) is 14.4. The Balaban J connectivity index is 1.76. The van der Waals surface area contributed by atoms with Crippen LogP contribution in [0.2, 0.25) is 0 Å². The summed E-state index contributed by atoms with van der Waals surface area (Å²) in [6.45, 7) is 0. The first-order valence-electron chi connectivity index (χ1n) is 9.35. The van der Waals surface area contributed by atoms with E-state index in [9.17, 15) is 0 Å². The van der Waals surface area contributed by atoms with Crippen LogP contribution < -0.4 is 0 Å². The summed E-state index contributed by atoms with van der Waals surface area (Å²) < 4.78 is 0. The van der Waals surface area contributed by atoms with E-state index in [0.29, 0.717) is 11.5 Å². The second-order valence-corrected chi connectivity index (χ2v) is 6.60. The molecule has 138 valence electrons. The number of nitrogens with one attached hydrogen (secondary N) is 1. The van der Waals surface area contributed by atoms with Gasteiger partial charge in [-0.1, -0.05) is 91.0 Å². The smallest absolute Gasteiger partial charge is 0.183 e. The Morgan fingerprint density at radius 1 is 0.690 bits per heavy atom. The van der Waals surface area contributed by atoms with Crippen molar-refractivity contribution in [2.75, 3.05) is 0 Å². The van der Waals surface area contributed by atoms with Gasteiger partial charge in [0.15, 0.2) is 11.5 Å². The maximum absolute atomic E-state index is 4.65. The summed E-state index contributed by atoms with van der Waals surface area (Å²) in [7, 11) is 0. The lowest BCUT2D eigenvalue weighted by molar-refractivity contribution is 1.03. The number of aliphatic imine (C=N–C) groups is 1. The van der Waals surface area contributed by atoms with Gasteiger partial charge in [-0.15, -0.1) is 10.2 Å². The first kappa shape index (κ1) is 17.0. The van der Waals surface area contributed by atoms with Crippen molar-refractivity contribution in [1.29, 1.82) is 0 Å². The molecule has 3 aromatic carbocycles. The molecule has 5 heteroatoms. The highest BCUT2D eigenvalue weighted by molar-refractivity contribution is 6.05. The molecule has 0 atom stereocenters. The van der Waals surface area contributed by atoms with E-state index < -0.39 is 0 Å². The standard InChI is InChI=1S/C24H17N5/c1-4-10-17(11-5-1)16-25-23-21-20(18-12-6-2-7-13-18)22(19-14-8-3-9-15-19)26-28-24(21)29-27-23/h1-16H,(H,27,28,29). The van der Waals surface area contributed by atoms with Gasteiger partial charge in [-0.25, -0.2) is 4.99 Å². The number of hydrogen-bond donors (Lipinski definition) is 1. The Labute approximate surface area is 167 Å². The number of hydrogen-bond acceptors (Lipinski definition) is 4. The van der Waals surface area contributed by atoms with E-state index in [1.807, 2.05) is 85.1 Å². The Hall–Kier alpha value is -4.12. The maximum Gasteiger partial charge on any atom is 0.183 e. The molecule has 2 heterocycles. The molecule has 0 amide bonds. The molecule has 0 aliphatic carbocycles. The number of nitrogens with zero attached hydrogens (tertiary/aromatic N) is 4. The van der Waals surface area contributed by atoms with Crippen LogP contribution in [0, 0.1) is 0 Å². The van der Waals surface area contributed by atoms with Crippen molar-refractivity contribution in [3.63, 3.8) is 0 Å². The lowest BCUT2D eigenvalue weighted by Gasteiger charge is -2.10. The van der Waals surface area contributed by atoms with E-state index in [4.69, 9.17) is 0 Å². The summed E-state index contributed by atoms with van der Waals surface area (Å²) >= 11 is 0. The van der Waals surface area contributed by atoms with E-state index in [1.165, 1.54) is 0 Å². The van der Waals surface area contributed by atoms with Gasteiger partial charge >= 0.3 is 0 Å². The molecule has 29 heavy (non-hydrogen) atoms. The number of rotatable bonds is 4. The van der Waals surface area contributed by atoms with Crippen LogP contribution in [0.5, 0.6) is 0 Å². The molecule has 1 N–H and O–H groups in total. The zero-order chi connectivity index (χ0) is 19.5. The highest BCUT2D eigenvalue weighted by Crippen LogP contribution is 2.38. The molecular formula is C24H17N5. The molecule has 5 aromatic rings. The van der Waals surface area contributed by atoms with Crippen molar-refractivity contribution >= 4 is 23.1 Å². The molecule has 0 aliphatic heterocycles. The normalized spacial score (nSPS) is 11.3. The van der Waals surface area contributed by atoms with Crippen molar-refractivity contribution in [1.82, 2.24) is 20.4 Å². The monoisotopic (exact) mass is 375 g/mol. The number of H-pyrrole nitrogens is 1. The van der Waals surface area contributed by atoms with Gasteiger partial charge < -0.3 is 0 Å². The summed E-state index contributed by atoms with van der Waals surface area (Å²) in [4.78, 5) is 4.65. The third kappa shape index (κ3) is 3.30. The minimum atomic E-state index is 0.592. The lowest BCUT2D eigenvalue weighted by Crippen LogP contribution is -1.94. The van der Waals surface area contributed by atoms with Crippen LogP contribution in [0.3, 0.4) is 0 Å². The molecule has 0 radical (unpaired) electrons. The minimum absolute atomic E-state index is 0.592. The first-order valence-corrected chi connectivity index (χ1v) is 9.35. The molecule has 0 saturated heterocycles. The van der Waals surface area contributed by atoms with Gasteiger partial charge in [0.05, 0.1) is 5.39 Å². The van der Waals surface area contributed by atoms with Gasteiger partial charge in [-0.2, -0.15) is 5.10 Å². The molecule has 5 rings (SSSR count). The van der Waals surface area contributed by atoms with Crippen molar-refractivity contribution in [3.8, 4) is 22.4 Å². The summed E-state index contributed by atoms with van der Waals surface area (Å²) in [6.07, 6.45) is 1.81. The summed E-state index contributed by atoms with van der Waals surface area (Å²) in [6, 6.07) is 30.2. The van der Waals surface area contributed by atoms with Gasteiger partial charge in [0.25, 0.3) is 0 Å². The number of aromatic nitrogens is 4. The quantitative estimate of drug-likeness (QED) is 0.426. The predicted molar refractivity (Wildman–Crippen MR) is 116 cm³/mol. The summed E-state index contributed by atoms with van der Waals surface area (Å²) in [5.74, 6) is 0.592. The minimum Gasteiger partial charge on any atom is -0.257 e. The molecule has 0 fully saturated rings. The van der Waals surface area contributed by atoms with Crippen LogP contribution >= 0.6 is 0 Å². The summed E-state index contributed by atoms with van der Waals surface area (Å²) in [5.41, 5.74) is 5.44. The third-order valence-electron chi connectivity index (χ3n) is 4.71. The van der Waals surface area contributed by atoms with Crippen LogP contribution in [-0.4, -0.2) is 26.6 Å². The molecule has 5 nitrogen and oxygen atoms in total. The molecule has 2 aromatic heterocycles. The van der Waals surface area contributed by atoms with Crippen LogP contribution in [0.1, 0.15) is 5.56 Å². The van der Waals surface area contributed by atoms with E-state index >= 15 is 0 Å². The lowest BCUT2D eigenvalue weighted by atomic mass is 9.97. The highest BCUT2D eigenvalue weighted by Gasteiger charge is 2.19. The van der Waals surface area contributed by atoms with Gasteiger partial charge in [0, 0.05) is 17.3 Å². The van der Waals surface area contributed by atoms with Crippen LogP contribution in [0.4, 0.5) is 5.82 Å². The molecule has 0 saturated carbocycles. The fraction of sp³-hybridized carbons (Fsp3) is 0. The SMILES string of the molecule is C(=Nc1n[nH]c2nnc(-c3ccccc3)c(-c3ccccc3)c12)c1ccccc1. The van der Waals surface area contributed by atoms with Gasteiger partial charge in [0.1, 0.15) is 5.69 Å². The molecule has 0 aliphatic rings. The number of aromatic amines is 1. The second-order valence-electron chi connectivity index (χ2n) is 6.60. The number of benzene rings is 3. The molecule has 0 unspecified atom stereocenters. The second kappa shape index (κ2) is 7.48. The molecular weight excluding hydrogens is 358 g/mol. The van der Waals surface area contributed by atoms with E-state index in [1.54, 1.807) is 0 Å². The van der Waals surface area contributed by atoms with Crippen LogP contribution in [0.15, 0.2) is 96.0 Å². The molecule has 0 bridgehead atoms. The average Bonchev–Trinajstić information content (AvgIpc) is 3.22. The largest absolute Gasteiger partial charge is 0.257 e. The fourth-order valence-electron chi connectivity index (χ4n) is 3.35. The van der Waals surface area contributed by atoms with Gasteiger partial charge in [0.2, 0.25) is 0 Å². The zero-order valence-corrected chi connectivity index (χ0v) is 15.5. The van der Waals surface area contributed by atoms with E-state index in [2.05, 4.69) is 37.5 Å². The van der Waals surface area contributed by atoms with Crippen molar-refractivity contribution in [2.24, 2.45) is 4.99 Å². The molecule has 0 spiro atoms. The Morgan fingerprint density at radius 3 is 2.00 bits per heavy atom. The zero-order valence-electron chi connectivity index (χ0n) is 15.5. The van der Waals surface area contributed by atoms with E-state index in [-0.39, 0.29) is 0 Å². The average molecular weight is 375 g/mol. The van der Waals surface area contributed by atoms with Crippen molar-refractivity contribution in [2.45, 2.75) is 0 Å². The Bertz CT molecular complexity index is 1280. The fourth-order valence-corrected chi connectivity index (χ4v) is 3.35. The van der Waals surface area contributed by atoms with Crippen molar-refractivity contribution in [3.05, 3.63) is 96.6 Å². The third-order valence-corrected chi connectivity index (χ3v) is 4.71. The van der Waals surface area contributed by atoms with Crippen molar-refractivity contribution < 1.29 is 0 Å². The summed E-state index contributed by atoms with van der Waals surface area (Å²) in [5, 5.41) is 17.1. The van der Waals surface area contributed by atoms with Crippen LogP contribution in [-0.2, 0) is 0 Å². The highest BCUT2D eigenvalue weighted by atomic mass is 15.2. The number of fused-ring (bicyclic) bond motifs is 1. The topological polar surface area (TPSA) is 66.8 Å². The predicted octanol–water partition coefficient (Wildman–Crippen LogP) is 5.44. The Morgan fingerprint density at radius 2 is 1.31 bits per heavy atom.